The van der Waals surface area contributed by atoms with Gasteiger partial charge in [-0.25, -0.2) is 0 Å². The second kappa shape index (κ2) is 9.04. The van der Waals surface area contributed by atoms with E-state index in [-0.39, 0.29) is 0 Å². The molecule has 0 bridgehead atoms. The Kier molecular flexibility index (Phi) is 7.92. The molecule has 0 radical (unpaired) electrons. The van der Waals surface area contributed by atoms with Crippen molar-refractivity contribution in [3.8, 4) is 0 Å². The van der Waals surface area contributed by atoms with Crippen LogP contribution in [-0.4, -0.2) is 12.6 Å². The molecule has 0 aromatic rings. The van der Waals surface area contributed by atoms with Crippen LogP contribution in [0.2, 0.25) is 0 Å². The van der Waals surface area contributed by atoms with Crippen LogP contribution in [0.5, 0.6) is 0 Å². The minimum atomic E-state index is 0.838. The van der Waals surface area contributed by atoms with E-state index in [1.165, 1.54) is 70.8 Å². The molecule has 0 aliphatic heterocycles. The predicted molar refractivity (Wildman–Crippen MR) is 72.8 cm³/mol. The molecule has 0 aromatic carbocycles. The lowest BCUT2D eigenvalue weighted by Gasteiger charge is -2.31. The molecular formula is C15H31N. The van der Waals surface area contributed by atoms with Crippen LogP contribution in [0.3, 0.4) is 0 Å². The summed E-state index contributed by atoms with van der Waals surface area (Å²) in [4.78, 5) is 0. The third-order valence-electron chi connectivity index (χ3n) is 4.12. The summed E-state index contributed by atoms with van der Waals surface area (Å²) < 4.78 is 0. The van der Waals surface area contributed by atoms with E-state index < -0.39 is 0 Å². The van der Waals surface area contributed by atoms with Crippen molar-refractivity contribution in [1.29, 1.82) is 0 Å². The molecule has 0 spiro atoms. The molecule has 0 amide bonds. The van der Waals surface area contributed by atoms with E-state index in [9.17, 15) is 0 Å². The molecule has 1 N–H and O–H groups in total. The van der Waals surface area contributed by atoms with E-state index in [0.717, 1.165) is 12.0 Å². The van der Waals surface area contributed by atoms with Gasteiger partial charge >= 0.3 is 0 Å². The zero-order chi connectivity index (χ0) is 11.6. The highest BCUT2D eigenvalue weighted by Gasteiger charge is 2.22. The van der Waals surface area contributed by atoms with Crippen molar-refractivity contribution >= 4 is 0 Å². The van der Waals surface area contributed by atoms with Gasteiger partial charge in [0.15, 0.2) is 0 Å². The molecule has 0 heterocycles. The number of rotatable bonds is 8. The first-order chi connectivity index (χ1) is 7.88. The maximum absolute atomic E-state index is 3.80. The highest BCUT2D eigenvalue weighted by Crippen LogP contribution is 2.26. The summed E-state index contributed by atoms with van der Waals surface area (Å²) in [6, 6.07) is 0.838. The molecule has 1 aliphatic rings. The van der Waals surface area contributed by atoms with Gasteiger partial charge < -0.3 is 5.32 Å². The fraction of sp³-hybridized carbons (Fsp3) is 1.00. The first kappa shape index (κ1) is 14.0. The van der Waals surface area contributed by atoms with Crippen molar-refractivity contribution in [2.24, 2.45) is 5.92 Å². The minimum absolute atomic E-state index is 0.838. The van der Waals surface area contributed by atoms with Crippen molar-refractivity contribution in [3.05, 3.63) is 0 Å². The van der Waals surface area contributed by atoms with E-state index in [1.54, 1.807) is 0 Å². The normalized spacial score (nSPS) is 25.9. The largest absolute Gasteiger partial charge is 0.314 e. The first-order valence-electron chi connectivity index (χ1n) is 7.61. The summed E-state index contributed by atoms with van der Waals surface area (Å²) in [6.07, 6.45) is 14.2. The Hall–Kier alpha value is -0.0400. The zero-order valence-corrected chi connectivity index (χ0v) is 11.4. The molecule has 0 aromatic heterocycles. The molecule has 1 aliphatic carbocycles. The Labute approximate surface area is 102 Å². The van der Waals surface area contributed by atoms with Gasteiger partial charge in [-0.15, -0.1) is 0 Å². The Bertz CT molecular complexity index is 156. The fourth-order valence-electron chi connectivity index (χ4n) is 2.98. The van der Waals surface area contributed by atoms with Gasteiger partial charge in [0, 0.05) is 6.04 Å². The van der Waals surface area contributed by atoms with E-state index in [0.29, 0.717) is 0 Å². The molecule has 1 rings (SSSR count). The van der Waals surface area contributed by atoms with Crippen LogP contribution in [0.15, 0.2) is 0 Å². The van der Waals surface area contributed by atoms with Gasteiger partial charge in [-0.1, -0.05) is 58.8 Å². The summed E-state index contributed by atoms with van der Waals surface area (Å²) >= 11 is 0. The molecule has 0 saturated heterocycles. The predicted octanol–water partition coefficient (Wildman–Crippen LogP) is 4.52. The van der Waals surface area contributed by atoms with Crippen molar-refractivity contribution in [3.63, 3.8) is 0 Å². The Morgan fingerprint density at radius 3 is 2.44 bits per heavy atom. The summed E-state index contributed by atoms with van der Waals surface area (Å²) in [6.45, 7) is 5.89. The van der Waals surface area contributed by atoms with Gasteiger partial charge in [-0.2, -0.15) is 0 Å². The molecule has 1 nitrogen and oxygen atoms in total. The SMILES string of the molecule is CCCCCCCNC1CCCCC1CC. The molecule has 2 atom stereocenters. The average Bonchev–Trinajstić information content (AvgIpc) is 2.34. The Morgan fingerprint density at radius 1 is 0.938 bits per heavy atom. The molecule has 96 valence electrons. The highest BCUT2D eigenvalue weighted by atomic mass is 14.9. The third-order valence-corrected chi connectivity index (χ3v) is 4.12. The van der Waals surface area contributed by atoms with Crippen LogP contribution in [-0.2, 0) is 0 Å². The summed E-state index contributed by atoms with van der Waals surface area (Å²) in [7, 11) is 0. The van der Waals surface area contributed by atoms with Crippen LogP contribution in [0.4, 0.5) is 0 Å². The maximum Gasteiger partial charge on any atom is 0.00952 e. The third kappa shape index (κ3) is 5.34. The molecule has 1 heteroatoms. The van der Waals surface area contributed by atoms with Crippen LogP contribution in [0, 0.1) is 5.92 Å². The number of hydrogen-bond donors (Lipinski definition) is 1. The van der Waals surface area contributed by atoms with E-state index in [2.05, 4.69) is 19.2 Å². The molecule has 1 fully saturated rings. The quantitative estimate of drug-likeness (QED) is 0.599. The Balaban J connectivity index is 2.02. The lowest BCUT2D eigenvalue weighted by atomic mass is 9.83. The fourth-order valence-corrected chi connectivity index (χ4v) is 2.98. The highest BCUT2D eigenvalue weighted by molar-refractivity contribution is 4.79. The summed E-state index contributed by atoms with van der Waals surface area (Å²) in [5.41, 5.74) is 0. The molecular weight excluding hydrogens is 194 g/mol. The zero-order valence-electron chi connectivity index (χ0n) is 11.4. The van der Waals surface area contributed by atoms with Crippen molar-refractivity contribution < 1.29 is 0 Å². The number of nitrogens with one attached hydrogen (secondary N) is 1. The monoisotopic (exact) mass is 225 g/mol. The van der Waals surface area contributed by atoms with Crippen LogP contribution in [0.1, 0.15) is 78.1 Å². The van der Waals surface area contributed by atoms with Gasteiger partial charge in [-0.3, -0.25) is 0 Å². The molecule has 2 unspecified atom stereocenters. The van der Waals surface area contributed by atoms with Crippen molar-refractivity contribution in [2.75, 3.05) is 6.54 Å². The smallest absolute Gasteiger partial charge is 0.00952 e. The standard InChI is InChI=1S/C15H31N/c1-3-5-6-7-10-13-16-15-12-9-8-11-14(15)4-2/h14-16H,3-13H2,1-2H3. The van der Waals surface area contributed by atoms with Gasteiger partial charge in [0.25, 0.3) is 0 Å². The van der Waals surface area contributed by atoms with Crippen LogP contribution in [0.25, 0.3) is 0 Å². The topological polar surface area (TPSA) is 12.0 Å². The van der Waals surface area contributed by atoms with E-state index in [1.807, 2.05) is 0 Å². The van der Waals surface area contributed by atoms with Crippen LogP contribution < -0.4 is 5.32 Å². The molecule has 16 heavy (non-hydrogen) atoms. The number of unbranched alkanes of at least 4 members (excludes halogenated alkanes) is 4. The van der Waals surface area contributed by atoms with Crippen molar-refractivity contribution in [2.45, 2.75) is 84.1 Å². The lowest BCUT2D eigenvalue weighted by Crippen LogP contribution is -2.38. The van der Waals surface area contributed by atoms with Gasteiger partial charge in [0.05, 0.1) is 0 Å². The van der Waals surface area contributed by atoms with E-state index in [4.69, 9.17) is 0 Å². The lowest BCUT2D eigenvalue weighted by molar-refractivity contribution is 0.255. The van der Waals surface area contributed by atoms with E-state index >= 15 is 0 Å². The number of hydrogen-bond acceptors (Lipinski definition) is 1. The van der Waals surface area contributed by atoms with Crippen molar-refractivity contribution in [1.82, 2.24) is 5.32 Å². The Morgan fingerprint density at radius 2 is 1.69 bits per heavy atom. The average molecular weight is 225 g/mol. The van der Waals surface area contributed by atoms with Gasteiger partial charge in [0.2, 0.25) is 0 Å². The van der Waals surface area contributed by atoms with Gasteiger partial charge in [0.1, 0.15) is 0 Å². The first-order valence-corrected chi connectivity index (χ1v) is 7.61. The molecule has 1 saturated carbocycles. The maximum atomic E-state index is 3.80. The summed E-state index contributed by atoms with van der Waals surface area (Å²) in [5, 5.41) is 3.80. The van der Waals surface area contributed by atoms with Crippen LogP contribution >= 0.6 is 0 Å². The minimum Gasteiger partial charge on any atom is -0.314 e. The summed E-state index contributed by atoms with van der Waals surface area (Å²) in [5.74, 6) is 0.962. The van der Waals surface area contributed by atoms with Gasteiger partial charge in [-0.05, 0) is 31.7 Å². The second-order valence-electron chi connectivity index (χ2n) is 5.43. The second-order valence-corrected chi connectivity index (χ2v) is 5.43.